The van der Waals surface area contributed by atoms with Crippen molar-refractivity contribution in [2.75, 3.05) is 4.90 Å². The van der Waals surface area contributed by atoms with Crippen molar-refractivity contribution in [3.05, 3.63) is 259 Å². The lowest BCUT2D eigenvalue weighted by atomic mass is 9.67. The Morgan fingerprint density at radius 3 is 1.77 bits per heavy atom. The Kier molecular flexibility index (Phi) is 8.11. The predicted molar refractivity (Wildman–Crippen MR) is 254 cm³/mol. The van der Waals surface area contributed by atoms with Crippen molar-refractivity contribution in [3.63, 3.8) is 0 Å². The highest BCUT2D eigenvalue weighted by atomic mass is 16.3. The molecular formula is C59H39NO. The Morgan fingerprint density at radius 2 is 0.967 bits per heavy atom. The molecule has 0 fully saturated rings. The number of fused-ring (bicyclic) bond motifs is 8. The molecule has 10 aromatic carbocycles. The molecule has 1 heterocycles. The SMILES string of the molecule is c1ccc(-c2cccc(N(c3ccc4c(c3)C(c3ccccc3)(c3ccccc3)c3ccccc3-4)c3ccccc3-c3cccc4oc5c6ccccc6ccc5c34)c2)cc1. The second kappa shape index (κ2) is 14.1. The molecule has 0 amide bonds. The number of anilines is 3. The third-order valence-corrected chi connectivity index (χ3v) is 12.7. The average molecular weight is 778 g/mol. The summed E-state index contributed by atoms with van der Waals surface area (Å²) in [4.78, 5) is 2.46. The first-order chi connectivity index (χ1) is 30.3. The molecular weight excluding hydrogens is 739 g/mol. The van der Waals surface area contributed by atoms with Gasteiger partial charge in [-0.05, 0) is 97.9 Å². The van der Waals surface area contributed by atoms with Gasteiger partial charge in [-0.3, -0.25) is 0 Å². The molecule has 61 heavy (non-hydrogen) atoms. The Balaban J connectivity index is 1.14. The van der Waals surface area contributed by atoms with E-state index >= 15 is 0 Å². The first-order valence-electron chi connectivity index (χ1n) is 21.0. The number of hydrogen-bond donors (Lipinski definition) is 0. The number of furan rings is 1. The smallest absolute Gasteiger partial charge is 0.143 e. The van der Waals surface area contributed by atoms with Gasteiger partial charge < -0.3 is 9.32 Å². The van der Waals surface area contributed by atoms with Gasteiger partial charge in [-0.15, -0.1) is 0 Å². The van der Waals surface area contributed by atoms with E-state index in [1.54, 1.807) is 0 Å². The van der Waals surface area contributed by atoms with Crippen molar-refractivity contribution in [3.8, 4) is 33.4 Å². The van der Waals surface area contributed by atoms with Crippen LogP contribution in [0, 0.1) is 0 Å². The van der Waals surface area contributed by atoms with Gasteiger partial charge in [0.1, 0.15) is 11.2 Å². The van der Waals surface area contributed by atoms with Gasteiger partial charge in [0, 0.05) is 33.1 Å². The summed E-state index contributed by atoms with van der Waals surface area (Å²) in [5, 5.41) is 4.52. The monoisotopic (exact) mass is 777 g/mol. The second-order valence-electron chi connectivity index (χ2n) is 16.0. The maximum atomic E-state index is 6.74. The standard InChI is InChI=1S/C59H39NO/c1-4-18-40(19-5-1)42-21-16-26-45(38-42)60(55-32-15-13-29-50(55)51-30-17-33-56-57(51)52-36-34-41-20-10-11-27-47(41)58(52)61-56)46-35-37-49-48-28-12-14-31-53(48)59(54(49)39-46,43-22-6-2-7-23-43)44-24-8-3-9-25-44/h1-39H. The van der Waals surface area contributed by atoms with E-state index in [0.717, 1.165) is 61.1 Å². The third-order valence-electron chi connectivity index (χ3n) is 12.7. The fourth-order valence-electron chi connectivity index (χ4n) is 10.1. The van der Waals surface area contributed by atoms with Crippen molar-refractivity contribution in [1.29, 1.82) is 0 Å². The lowest BCUT2D eigenvalue weighted by Crippen LogP contribution is -2.28. The van der Waals surface area contributed by atoms with Crippen LogP contribution in [0.5, 0.6) is 0 Å². The largest absolute Gasteiger partial charge is 0.455 e. The van der Waals surface area contributed by atoms with Crippen LogP contribution in [0.2, 0.25) is 0 Å². The number of benzene rings is 10. The number of nitrogens with zero attached hydrogens (tertiary/aromatic N) is 1. The normalized spacial score (nSPS) is 12.7. The molecule has 11 aromatic rings. The van der Waals surface area contributed by atoms with Crippen molar-refractivity contribution in [2.45, 2.75) is 5.41 Å². The number of rotatable bonds is 7. The summed E-state index contributed by atoms with van der Waals surface area (Å²) >= 11 is 0. The predicted octanol–water partition coefficient (Wildman–Crippen LogP) is 15.9. The highest BCUT2D eigenvalue weighted by molar-refractivity contribution is 6.19. The minimum Gasteiger partial charge on any atom is -0.455 e. The number of hydrogen-bond acceptors (Lipinski definition) is 2. The van der Waals surface area contributed by atoms with Crippen LogP contribution in [0.3, 0.4) is 0 Å². The average Bonchev–Trinajstić information content (AvgIpc) is 3.87. The van der Waals surface area contributed by atoms with E-state index in [2.05, 4.69) is 241 Å². The van der Waals surface area contributed by atoms with Gasteiger partial charge in [0.25, 0.3) is 0 Å². The molecule has 0 aliphatic heterocycles. The minimum atomic E-state index is -0.536. The van der Waals surface area contributed by atoms with Crippen LogP contribution in [0.15, 0.2) is 241 Å². The maximum absolute atomic E-state index is 6.74. The third kappa shape index (κ3) is 5.43. The van der Waals surface area contributed by atoms with E-state index in [1.807, 2.05) is 0 Å². The molecule has 1 aromatic heterocycles. The van der Waals surface area contributed by atoms with E-state index < -0.39 is 5.41 Å². The fraction of sp³-hybridized carbons (Fsp3) is 0.0169. The zero-order valence-electron chi connectivity index (χ0n) is 33.4. The van der Waals surface area contributed by atoms with Gasteiger partial charge in [-0.25, -0.2) is 0 Å². The molecule has 0 unspecified atom stereocenters. The van der Waals surface area contributed by atoms with E-state index in [1.165, 1.54) is 44.3 Å². The minimum absolute atomic E-state index is 0.536. The molecule has 2 nitrogen and oxygen atoms in total. The zero-order valence-corrected chi connectivity index (χ0v) is 33.4. The molecule has 0 radical (unpaired) electrons. The van der Waals surface area contributed by atoms with Crippen molar-refractivity contribution >= 4 is 49.8 Å². The van der Waals surface area contributed by atoms with Crippen molar-refractivity contribution in [2.24, 2.45) is 0 Å². The van der Waals surface area contributed by atoms with Crippen LogP contribution in [0.4, 0.5) is 17.1 Å². The molecule has 0 spiro atoms. The molecule has 286 valence electrons. The first kappa shape index (κ1) is 35.0. The quantitative estimate of drug-likeness (QED) is 0.160. The molecule has 0 saturated carbocycles. The van der Waals surface area contributed by atoms with Gasteiger partial charge in [-0.1, -0.05) is 194 Å². The van der Waals surface area contributed by atoms with Gasteiger partial charge in [0.15, 0.2) is 0 Å². The molecule has 1 aliphatic carbocycles. The Labute approximate surface area is 355 Å². The van der Waals surface area contributed by atoms with E-state index in [0.29, 0.717) is 0 Å². The lowest BCUT2D eigenvalue weighted by molar-refractivity contribution is 0.673. The van der Waals surface area contributed by atoms with Gasteiger partial charge in [0.2, 0.25) is 0 Å². The molecule has 0 atom stereocenters. The molecule has 2 heteroatoms. The summed E-state index contributed by atoms with van der Waals surface area (Å²) < 4.78 is 6.74. The first-order valence-corrected chi connectivity index (χ1v) is 21.0. The van der Waals surface area contributed by atoms with E-state index in [9.17, 15) is 0 Å². The van der Waals surface area contributed by atoms with Crippen LogP contribution in [-0.4, -0.2) is 0 Å². The number of para-hydroxylation sites is 1. The van der Waals surface area contributed by atoms with Crippen LogP contribution in [0.25, 0.3) is 66.1 Å². The molecule has 0 bridgehead atoms. The zero-order chi connectivity index (χ0) is 40.3. The van der Waals surface area contributed by atoms with Crippen LogP contribution < -0.4 is 4.90 Å². The van der Waals surface area contributed by atoms with Crippen molar-refractivity contribution < 1.29 is 4.42 Å². The summed E-state index contributed by atoms with van der Waals surface area (Å²) in [7, 11) is 0. The summed E-state index contributed by atoms with van der Waals surface area (Å²) in [5.74, 6) is 0. The fourth-order valence-corrected chi connectivity index (χ4v) is 10.1. The summed E-state index contributed by atoms with van der Waals surface area (Å²) in [5.41, 5.74) is 16.6. The highest BCUT2D eigenvalue weighted by Crippen LogP contribution is 2.57. The summed E-state index contributed by atoms with van der Waals surface area (Å²) in [6.45, 7) is 0. The Hall–Kier alpha value is -7.94. The lowest BCUT2D eigenvalue weighted by Gasteiger charge is -2.35. The van der Waals surface area contributed by atoms with Crippen molar-refractivity contribution in [1.82, 2.24) is 0 Å². The molecule has 0 saturated heterocycles. The second-order valence-corrected chi connectivity index (χ2v) is 16.0. The molecule has 0 N–H and O–H groups in total. The molecule has 12 rings (SSSR count). The van der Waals surface area contributed by atoms with Gasteiger partial charge >= 0.3 is 0 Å². The topological polar surface area (TPSA) is 16.4 Å². The maximum Gasteiger partial charge on any atom is 0.143 e. The van der Waals surface area contributed by atoms with Crippen LogP contribution in [0.1, 0.15) is 22.3 Å². The molecule has 1 aliphatic rings. The Morgan fingerprint density at radius 1 is 0.361 bits per heavy atom. The Bertz CT molecular complexity index is 3380. The van der Waals surface area contributed by atoms with E-state index in [-0.39, 0.29) is 0 Å². The van der Waals surface area contributed by atoms with Crippen LogP contribution in [-0.2, 0) is 5.41 Å². The summed E-state index contributed by atoms with van der Waals surface area (Å²) in [6, 6.07) is 86.1. The van der Waals surface area contributed by atoms with Gasteiger partial charge in [0.05, 0.1) is 11.1 Å². The highest BCUT2D eigenvalue weighted by Gasteiger charge is 2.46. The van der Waals surface area contributed by atoms with Gasteiger partial charge in [-0.2, -0.15) is 0 Å². The van der Waals surface area contributed by atoms with E-state index in [4.69, 9.17) is 4.42 Å². The van der Waals surface area contributed by atoms with Crippen LogP contribution >= 0.6 is 0 Å². The summed E-state index contributed by atoms with van der Waals surface area (Å²) in [6.07, 6.45) is 0.